The van der Waals surface area contributed by atoms with Crippen LogP contribution in [0.5, 0.6) is 5.75 Å². The Labute approximate surface area is 167 Å². The van der Waals surface area contributed by atoms with Crippen molar-refractivity contribution < 1.29 is 14.3 Å². The molecule has 1 aliphatic heterocycles. The van der Waals surface area contributed by atoms with Crippen molar-refractivity contribution in [3.63, 3.8) is 0 Å². The van der Waals surface area contributed by atoms with Gasteiger partial charge in [0.2, 0.25) is 5.91 Å². The lowest BCUT2D eigenvalue weighted by atomic mass is 10.2. The fraction of sp³-hybridized carbons (Fsp3) is 0.150. The van der Waals surface area contributed by atoms with Crippen LogP contribution in [0, 0.1) is 0 Å². The van der Waals surface area contributed by atoms with Gasteiger partial charge in [0, 0.05) is 12.1 Å². The highest BCUT2D eigenvalue weighted by atomic mass is 32.2. The van der Waals surface area contributed by atoms with Gasteiger partial charge in [0.15, 0.2) is 0 Å². The van der Waals surface area contributed by atoms with Crippen molar-refractivity contribution in [2.45, 2.75) is 6.54 Å². The zero-order valence-corrected chi connectivity index (χ0v) is 16.3. The largest absolute Gasteiger partial charge is 0.496 e. The molecule has 5 nitrogen and oxygen atoms in total. The lowest BCUT2D eigenvalue weighted by molar-refractivity contribution is -0.128. The maximum absolute atomic E-state index is 12.7. The van der Waals surface area contributed by atoms with E-state index in [1.165, 1.54) is 16.7 Å². The first-order valence-corrected chi connectivity index (χ1v) is 9.50. The summed E-state index contributed by atoms with van der Waals surface area (Å²) in [5.74, 6) is 0.142. The molecule has 0 atom stereocenters. The number of amides is 2. The molecule has 2 aromatic carbocycles. The van der Waals surface area contributed by atoms with Crippen LogP contribution in [0.4, 0.5) is 0 Å². The minimum Gasteiger partial charge on any atom is -0.496 e. The maximum Gasteiger partial charge on any atom is 0.266 e. The summed E-state index contributed by atoms with van der Waals surface area (Å²) in [6.07, 6.45) is 1.74. The highest BCUT2D eigenvalue weighted by Gasteiger charge is 2.33. The molecule has 0 aliphatic carbocycles. The Balaban J connectivity index is 1.65. The number of thioether (sulfide) groups is 1. The van der Waals surface area contributed by atoms with Crippen molar-refractivity contribution in [3.8, 4) is 5.75 Å². The maximum atomic E-state index is 12.7. The van der Waals surface area contributed by atoms with Crippen molar-refractivity contribution >= 4 is 46.2 Å². The standard InChI is InChI=1S/C20H18N2O3S2/c1-25-16-10-6-5-9-15(16)11-17-19(24)22(20(26)27-17)13-18(23)21-12-14-7-3-2-4-8-14/h2-11H,12-13H2,1H3,(H,21,23)/b17-11-. The van der Waals surface area contributed by atoms with Gasteiger partial charge in [-0.05, 0) is 17.7 Å². The topological polar surface area (TPSA) is 58.6 Å². The lowest BCUT2D eigenvalue weighted by Crippen LogP contribution is -2.39. The molecule has 0 saturated carbocycles. The Morgan fingerprint density at radius 1 is 1.19 bits per heavy atom. The van der Waals surface area contributed by atoms with E-state index in [4.69, 9.17) is 17.0 Å². The van der Waals surface area contributed by atoms with E-state index in [2.05, 4.69) is 5.32 Å². The van der Waals surface area contributed by atoms with Crippen LogP contribution in [0.3, 0.4) is 0 Å². The van der Waals surface area contributed by atoms with Crippen LogP contribution in [-0.4, -0.2) is 34.7 Å². The van der Waals surface area contributed by atoms with Crippen LogP contribution in [0.1, 0.15) is 11.1 Å². The highest BCUT2D eigenvalue weighted by Crippen LogP contribution is 2.33. The zero-order chi connectivity index (χ0) is 19.2. The molecule has 1 aliphatic rings. The predicted molar refractivity (Wildman–Crippen MR) is 111 cm³/mol. The van der Waals surface area contributed by atoms with Crippen molar-refractivity contribution in [3.05, 3.63) is 70.6 Å². The molecule has 1 fully saturated rings. The van der Waals surface area contributed by atoms with Gasteiger partial charge in [-0.25, -0.2) is 0 Å². The van der Waals surface area contributed by atoms with E-state index in [-0.39, 0.29) is 18.4 Å². The summed E-state index contributed by atoms with van der Waals surface area (Å²) < 4.78 is 5.68. The average molecular weight is 399 g/mol. The fourth-order valence-electron chi connectivity index (χ4n) is 2.56. The molecule has 1 saturated heterocycles. The molecule has 1 heterocycles. The van der Waals surface area contributed by atoms with Gasteiger partial charge >= 0.3 is 0 Å². The van der Waals surface area contributed by atoms with Gasteiger partial charge < -0.3 is 10.1 Å². The van der Waals surface area contributed by atoms with E-state index in [1.54, 1.807) is 13.2 Å². The molecule has 3 rings (SSSR count). The monoisotopic (exact) mass is 398 g/mol. The Morgan fingerprint density at radius 2 is 1.89 bits per heavy atom. The number of methoxy groups -OCH3 is 1. The smallest absolute Gasteiger partial charge is 0.266 e. The van der Waals surface area contributed by atoms with E-state index in [9.17, 15) is 9.59 Å². The number of carbonyl (C=O) groups excluding carboxylic acids is 2. The Hall–Kier alpha value is -2.64. The summed E-state index contributed by atoms with van der Waals surface area (Å²) in [6, 6.07) is 17.0. The van der Waals surface area contributed by atoms with Crippen LogP contribution < -0.4 is 10.1 Å². The first-order valence-electron chi connectivity index (χ1n) is 8.27. The van der Waals surface area contributed by atoms with E-state index >= 15 is 0 Å². The third-order valence-corrected chi connectivity index (χ3v) is 5.31. The Kier molecular flexibility index (Phi) is 6.26. The zero-order valence-electron chi connectivity index (χ0n) is 14.7. The van der Waals surface area contributed by atoms with E-state index in [1.807, 2.05) is 54.6 Å². The SMILES string of the molecule is COc1ccccc1/C=C1\SC(=S)N(CC(=O)NCc2ccccc2)C1=O. The molecule has 0 bridgehead atoms. The van der Waals surface area contributed by atoms with Crippen LogP contribution >= 0.6 is 24.0 Å². The number of nitrogens with one attached hydrogen (secondary N) is 1. The molecular formula is C20H18N2O3S2. The first-order chi connectivity index (χ1) is 13.1. The quantitative estimate of drug-likeness (QED) is 0.598. The van der Waals surface area contributed by atoms with Crippen LogP contribution in [0.15, 0.2) is 59.5 Å². The number of rotatable bonds is 6. The minimum absolute atomic E-state index is 0.0965. The van der Waals surface area contributed by atoms with Gasteiger partial charge in [-0.1, -0.05) is 72.5 Å². The number of thiocarbonyl (C=S) groups is 1. The summed E-state index contributed by atoms with van der Waals surface area (Å²) in [4.78, 5) is 26.7. The second kappa shape index (κ2) is 8.83. The van der Waals surface area contributed by atoms with Gasteiger partial charge in [-0.3, -0.25) is 14.5 Å². The molecule has 0 radical (unpaired) electrons. The second-order valence-corrected chi connectivity index (χ2v) is 7.45. The van der Waals surface area contributed by atoms with E-state index < -0.39 is 0 Å². The van der Waals surface area contributed by atoms with Gasteiger partial charge in [0.1, 0.15) is 16.6 Å². The molecule has 2 aromatic rings. The lowest BCUT2D eigenvalue weighted by Gasteiger charge is -2.14. The van der Waals surface area contributed by atoms with Gasteiger partial charge in [0.05, 0.1) is 12.0 Å². The molecule has 2 amide bonds. The second-order valence-electron chi connectivity index (χ2n) is 5.77. The van der Waals surface area contributed by atoms with Gasteiger partial charge in [-0.2, -0.15) is 0 Å². The van der Waals surface area contributed by atoms with E-state index in [0.717, 1.165) is 11.1 Å². The van der Waals surface area contributed by atoms with Crippen molar-refractivity contribution in [1.29, 1.82) is 0 Å². The third kappa shape index (κ3) is 4.75. The predicted octanol–water partition coefficient (Wildman–Crippen LogP) is 3.21. The van der Waals surface area contributed by atoms with Crippen molar-refractivity contribution in [1.82, 2.24) is 10.2 Å². The van der Waals surface area contributed by atoms with Crippen molar-refractivity contribution in [2.24, 2.45) is 0 Å². The molecule has 138 valence electrons. The summed E-state index contributed by atoms with van der Waals surface area (Å²) in [5.41, 5.74) is 1.78. The fourth-order valence-corrected chi connectivity index (χ4v) is 3.81. The molecule has 27 heavy (non-hydrogen) atoms. The van der Waals surface area contributed by atoms with Crippen LogP contribution in [0.2, 0.25) is 0 Å². The van der Waals surface area contributed by atoms with Gasteiger partial charge in [0.25, 0.3) is 5.91 Å². The third-order valence-electron chi connectivity index (χ3n) is 3.93. The summed E-state index contributed by atoms with van der Waals surface area (Å²) >= 11 is 6.47. The molecule has 0 aromatic heterocycles. The highest BCUT2D eigenvalue weighted by molar-refractivity contribution is 8.26. The number of hydrogen-bond donors (Lipinski definition) is 1. The normalized spacial score (nSPS) is 15.3. The summed E-state index contributed by atoms with van der Waals surface area (Å²) in [7, 11) is 1.58. The number of hydrogen-bond acceptors (Lipinski definition) is 5. The molecule has 0 spiro atoms. The summed E-state index contributed by atoms with van der Waals surface area (Å²) in [6.45, 7) is 0.312. The van der Waals surface area contributed by atoms with Gasteiger partial charge in [-0.15, -0.1) is 0 Å². The van der Waals surface area contributed by atoms with Crippen molar-refractivity contribution in [2.75, 3.05) is 13.7 Å². The average Bonchev–Trinajstić information content (AvgIpc) is 2.95. The number of para-hydroxylation sites is 1. The van der Waals surface area contributed by atoms with Crippen LogP contribution in [-0.2, 0) is 16.1 Å². The van der Waals surface area contributed by atoms with Crippen LogP contribution in [0.25, 0.3) is 6.08 Å². The number of benzene rings is 2. The number of nitrogens with zero attached hydrogens (tertiary/aromatic N) is 1. The Bertz CT molecular complexity index is 897. The number of carbonyl (C=O) groups is 2. The minimum atomic E-state index is -0.272. The first kappa shape index (κ1) is 19.1. The van der Waals surface area contributed by atoms with E-state index in [0.29, 0.717) is 21.5 Å². The Morgan fingerprint density at radius 3 is 2.63 bits per heavy atom. The molecule has 1 N–H and O–H groups in total. The molecular weight excluding hydrogens is 380 g/mol. The molecule has 0 unspecified atom stereocenters. The number of ether oxygens (including phenoxy) is 1. The molecule has 7 heteroatoms. The summed E-state index contributed by atoms with van der Waals surface area (Å²) in [5, 5.41) is 2.81.